The number of carboxylic acids is 1. The van der Waals surface area contributed by atoms with Crippen molar-refractivity contribution < 1.29 is 111 Å². The van der Waals surface area contributed by atoms with Gasteiger partial charge in [-0.2, -0.15) is 0 Å². The normalized spacial score (nSPS) is 27.0. The highest BCUT2D eigenvalue weighted by Gasteiger charge is 2.65. The molecule has 6 aliphatic rings. The zero-order valence-electron chi connectivity index (χ0n) is 74.7. The first kappa shape index (κ1) is 102. The average Bonchev–Trinajstić information content (AvgIpc) is 1.57. The number of esters is 1. The number of epoxide rings is 1. The summed E-state index contributed by atoms with van der Waals surface area (Å²) in [4.78, 5) is 219. The van der Waals surface area contributed by atoms with Crippen molar-refractivity contribution in [3.8, 4) is 5.75 Å². The Balaban J connectivity index is 0.851. The zero-order chi connectivity index (χ0) is 95.3. The highest BCUT2D eigenvalue weighted by Crippen LogP contribution is 2.50. The van der Waals surface area contributed by atoms with Gasteiger partial charge in [-0.15, -0.1) is 11.8 Å². The molecule has 0 spiro atoms. The molecule has 0 radical (unpaired) electrons. The number of anilines is 1. The molecule has 0 aromatic heterocycles. The lowest BCUT2D eigenvalue weighted by Crippen LogP contribution is -2.63. The molecule has 708 valence electrons. The van der Waals surface area contributed by atoms with Crippen molar-refractivity contribution in [1.29, 1.82) is 0 Å². The van der Waals surface area contributed by atoms with Crippen molar-refractivity contribution in [3.63, 3.8) is 0 Å². The maximum Gasteiger partial charge on any atom is 0.409 e. The van der Waals surface area contributed by atoms with E-state index in [1.165, 1.54) is 54.0 Å². The van der Waals surface area contributed by atoms with E-state index < -0.39 is 222 Å². The predicted octanol–water partition coefficient (Wildman–Crippen LogP) is 4.65. The number of methoxy groups -OCH3 is 2. The molecule has 4 fully saturated rings. The number of alkyl carbamates (subject to hydrolysis) is 1. The van der Waals surface area contributed by atoms with Gasteiger partial charge in [0, 0.05) is 88.8 Å². The number of amides is 12. The second-order valence-corrected chi connectivity index (χ2v) is 38.1. The molecule has 4 aromatic rings. The van der Waals surface area contributed by atoms with Gasteiger partial charge in [-0.25, -0.2) is 14.4 Å². The Morgan fingerprint density at radius 2 is 1.50 bits per heavy atom. The fraction of sp³-hybridized carbons (Fsp3) is 0.511. The van der Waals surface area contributed by atoms with Crippen LogP contribution < -0.4 is 57.9 Å². The number of ether oxygens (including phenoxy) is 5. The minimum Gasteiger partial charge on any atom is -0.495 e. The number of benzene rings is 4. The molecule has 0 saturated carbocycles. The lowest BCUT2D eigenvalue weighted by atomic mass is 9.83. The van der Waals surface area contributed by atoms with E-state index in [9.17, 15) is 68.1 Å². The van der Waals surface area contributed by atoms with Gasteiger partial charge in [-0.1, -0.05) is 162 Å². The maximum atomic E-state index is 15.5. The number of carbonyl (C=O) groups is 15. The number of aliphatic hydroxyl groups excluding tert-OH is 1. The Hall–Kier alpha value is -10.7. The second-order valence-electron chi connectivity index (χ2n) is 33.8. The number of unbranched alkanes of at least 4 members (excludes halogenated alkanes) is 1. The lowest BCUT2D eigenvalue weighted by Gasteiger charge is -2.42. The number of carboxylic acid groups (broad SMARTS) is 1. The molecular weight excluding hydrogens is 1770 g/mol. The second kappa shape index (κ2) is 47.1. The minimum absolute atomic E-state index is 0.0411. The largest absolute Gasteiger partial charge is 0.495 e. The summed E-state index contributed by atoms with van der Waals surface area (Å²) in [6.07, 6.45) is -0.845. The van der Waals surface area contributed by atoms with Crippen molar-refractivity contribution in [2.24, 2.45) is 17.6 Å². The van der Waals surface area contributed by atoms with Crippen LogP contribution in [0.5, 0.6) is 5.75 Å². The standard InChI is InChI=1S/C92H117ClN12O23S3/c1-11-61(88(119)120)96-85(116)66-49-131-130-48-65(68(107)43-59(38-54-24-14-12-15-25-54)81(112)98-64(42-58-33-32-57-28-18-19-29-60(57)58)84(115)97-62(30-20-21-35-94)82(113)101-79(53(5)106)86(117)100-66)99-83(114)63(39-55-26-16-13-17-27-55)95-74(108)47-105-77(111)44-71(87(105)118)129-36-34-75(109)103(7)52(4)89(121)127-73-45-76(110)104(8)67-40-56(41-69(124-9)78(67)93)37-50(2)23-22-31-72(125-10)92(123)46-70(126-90(122)102-92)51(3)80-91(73,6)128-80/h12-19,22-29,31,33,40-41,51-53,59,61-66,70-73,79-80,106,123H,11,20-21,30,32,34-39,42-49,94H2,1-10H3,(H,95,108)(H,96,116)(H,97,115)(H,98,112)(H,99,114)(H,100,117)(H,101,113)(H,102,122)(H,119,120)/b31-22+,50-23+/t51-,52+,53-,59-,61+,62+,63-,64-,65+,66+,70+,71?,72-,73+,79+,80+,91+,92+/m1/s1. The fourth-order valence-electron chi connectivity index (χ4n) is 16.4. The van der Waals surface area contributed by atoms with Crippen LogP contribution >= 0.6 is 45.0 Å². The Kier molecular flexibility index (Phi) is 36.8. The molecule has 18 atom stereocenters. The first-order valence-corrected chi connectivity index (χ1v) is 47.4. The van der Waals surface area contributed by atoms with Gasteiger partial charge in [0.05, 0.1) is 42.7 Å². The van der Waals surface area contributed by atoms with Crippen molar-refractivity contribution in [2.45, 2.75) is 227 Å². The van der Waals surface area contributed by atoms with Gasteiger partial charge in [0.25, 0.3) is 0 Å². The summed E-state index contributed by atoms with van der Waals surface area (Å²) in [7, 11) is 7.48. The SMILES string of the molecule is CC[C@H](NC(=O)[C@@H]1CSSC[C@H](NC(=O)[C@@H](Cc2ccccc2)NC(=O)CN2C(=O)CC(SCCC(=O)N(C)[C@@H](C)C(=O)O[C@H]3CC(=O)N(C)c4cc(cc(OC)c4Cl)C/C(C)=C/C=C/[C@@H](OC)[C@@]4(O)C[C@H](OC(=O)N4)[C@@H](C)[C@@H]4O[C@@]34C)C2=O)C(=O)C[C@@H](Cc2ccccc2)C(=O)N[C@H](CC2=CCc3ccccc32)C(=O)N[C@@H](CCCCN)C(=O)N[C@@H]([C@@H](C)O)C(=O)N1)C(=O)O. The minimum atomic E-state index is -1.97. The number of imide groups is 1. The third-order valence-corrected chi connectivity index (χ3v) is 28.3. The van der Waals surface area contributed by atoms with Gasteiger partial charge in [-0.05, 0) is 125 Å². The number of likely N-dealkylation sites (N-methyl/N-ethyl adjacent to an activating group) is 1. The number of rotatable bonds is 29. The number of allylic oxidation sites excluding steroid dienone is 4. The van der Waals surface area contributed by atoms with E-state index in [2.05, 4.69) is 42.5 Å². The lowest BCUT2D eigenvalue weighted by molar-refractivity contribution is -0.162. The van der Waals surface area contributed by atoms with Gasteiger partial charge < -0.3 is 91.8 Å². The number of hydrogen-bond donors (Lipinski definition) is 12. The van der Waals surface area contributed by atoms with Gasteiger partial charge in [-0.3, -0.25) is 67.8 Å². The van der Waals surface area contributed by atoms with Gasteiger partial charge in [0.2, 0.25) is 65.0 Å². The van der Waals surface area contributed by atoms with Crippen molar-refractivity contribution in [3.05, 3.63) is 160 Å². The summed E-state index contributed by atoms with van der Waals surface area (Å²) < 4.78 is 29.7. The number of Topliss-reactive ketones (excluding diaryl/α,β-unsaturated/α-hetero) is 1. The molecule has 131 heavy (non-hydrogen) atoms. The molecule has 1 aliphatic carbocycles. The first-order chi connectivity index (χ1) is 62.4. The topological polar surface area (TPSA) is 498 Å². The van der Waals surface area contributed by atoms with E-state index in [1.807, 2.05) is 37.3 Å². The molecule has 4 aromatic carbocycles. The highest BCUT2D eigenvalue weighted by atomic mass is 35.5. The molecule has 5 heterocycles. The highest BCUT2D eigenvalue weighted by molar-refractivity contribution is 8.76. The van der Waals surface area contributed by atoms with Crippen molar-refractivity contribution in [2.75, 3.05) is 63.6 Å². The Labute approximate surface area is 777 Å². The number of hydrogen-bond acceptors (Lipinski definition) is 26. The number of nitrogens with one attached hydrogen (secondary N) is 8. The molecule has 10 rings (SSSR count). The number of nitrogens with zero attached hydrogens (tertiary/aromatic N) is 3. The van der Waals surface area contributed by atoms with Crippen LogP contribution in [0.25, 0.3) is 5.57 Å². The molecule has 5 aliphatic heterocycles. The number of aliphatic carboxylic acids is 1. The van der Waals surface area contributed by atoms with Crippen LogP contribution in [0.2, 0.25) is 5.02 Å². The van der Waals surface area contributed by atoms with Crippen LogP contribution in [0.4, 0.5) is 10.5 Å². The number of halogens is 1. The van der Waals surface area contributed by atoms with Crippen molar-refractivity contribution in [1.82, 2.24) is 52.3 Å². The molecule has 1 unspecified atom stereocenters. The number of thioether (sulfide) groups is 1. The Bertz CT molecular complexity index is 4970. The summed E-state index contributed by atoms with van der Waals surface area (Å²) in [6.45, 7) is 8.65. The summed E-state index contributed by atoms with van der Waals surface area (Å²) >= 11 is 7.84. The zero-order valence-corrected chi connectivity index (χ0v) is 78.0. The van der Waals surface area contributed by atoms with E-state index in [1.54, 1.807) is 105 Å². The average molecular weight is 1890 g/mol. The third-order valence-electron chi connectivity index (χ3n) is 24.3. The third kappa shape index (κ3) is 27.1. The Morgan fingerprint density at radius 1 is 0.817 bits per heavy atom. The summed E-state index contributed by atoms with van der Waals surface area (Å²) in [6, 6.07) is 15.9. The molecule has 12 amide bonds. The van der Waals surface area contributed by atoms with E-state index in [0.29, 0.717) is 46.4 Å². The van der Waals surface area contributed by atoms with Crippen LogP contribution in [0.1, 0.15) is 134 Å². The van der Waals surface area contributed by atoms with Crippen LogP contribution in [0.15, 0.2) is 127 Å². The number of nitrogens with two attached hydrogens (primary N) is 1. The van der Waals surface area contributed by atoms with Crippen LogP contribution in [0, 0.1) is 11.8 Å². The summed E-state index contributed by atoms with van der Waals surface area (Å²) in [5.74, 6) is -14.9. The van der Waals surface area contributed by atoms with Crippen LogP contribution in [-0.4, -0.2) is 268 Å². The molecule has 4 saturated heterocycles. The fourth-order valence-corrected chi connectivity index (χ4v) is 20.1. The van der Waals surface area contributed by atoms with Crippen LogP contribution in [0.3, 0.4) is 0 Å². The number of fused-ring (bicyclic) bond motifs is 6. The number of aliphatic hydroxyl groups is 2. The smallest absolute Gasteiger partial charge is 0.409 e. The summed E-state index contributed by atoms with van der Waals surface area (Å²) in [5, 5.41) is 53.3. The van der Waals surface area contributed by atoms with E-state index in [4.69, 9.17) is 41.0 Å². The van der Waals surface area contributed by atoms with E-state index >= 15 is 19.2 Å². The number of carbonyl (C=O) groups excluding carboxylic acids is 14. The molecule has 4 bridgehead atoms. The number of ketones is 1. The quantitative estimate of drug-likeness (QED) is 0.0116. The Morgan fingerprint density at radius 3 is 2.18 bits per heavy atom. The summed E-state index contributed by atoms with van der Waals surface area (Å²) in [5.41, 5.74) is 7.84. The maximum absolute atomic E-state index is 15.5. The first-order valence-electron chi connectivity index (χ1n) is 43.5. The molecule has 35 nitrogen and oxygen atoms in total. The monoisotopic (exact) mass is 1890 g/mol. The van der Waals surface area contributed by atoms with E-state index in [0.717, 1.165) is 54.9 Å². The van der Waals surface area contributed by atoms with Crippen LogP contribution in [-0.2, 0) is 112 Å². The van der Waals surface area contributed by atoms with Gasteiger partial charge >= 0.3 is 18.0 Å². The van der Waals surface area contributed by atoms with Gasteiger partial charge in [0.15, 0.2) is 11.5 Å². The van der Waals surface area contributed by atoms with E-state index in [-0.39, 0.29) is 91.6 Å². The van der Waals surface area contributed by atoms with Gasteiger partial charge in [0.1, 0.15) is 83.5 Å². The molecule has 39 heteroatoms. The molecular formula is C92H117ClN12O23S3. The predicted molar refractivity (Wildman–Crippen MR) is 490 cm³/mol. The molecule has 13 N–H and O–H groups in total. The van der Waals surface area contributed by atoms with Crippen molar-refractivity contribution >= 4 is 145 Å². The number of likely N-dealkylation sites (tertiary alicyclic amines) is 1.